The Kier molecular flexibility index (Phi) is 3.68. The van der Waals surface area contributed by atoms with E-state index in [9.17, 15) is 4.79 Å². The zero-order chi connectivity index (χ0) is 12.6. The van der Waals surface area contributed by atoms with Gasteiger partial charge in [-0.3, -0.25) is 4.79 Å². The second-order valence-corrected chi connectivity index (χ2v) is 6.66. The molecular weight excluding hydrogens is 202 g/mol. The number of carbonyl (C=O) groups excluding carboxylic acids is 1. The average molecular weight is 227 g/mol. The van der Waals surface area contributed by atoms with Crippen LogP contribution in [0.2, 0.25) is 0 Å². The van der Waals surface area contributed by atoms with Gasteiger partial charge in [0.25, 0.3) is 0 Å². The van der Waals surface area contributed by atoms with Crippen LogP contribution in [0.25, 0.3) is 0 Å². The first-order valence-corrected chi connectivity index (χ1v) is 6.10. The van der Waals surface area contributed by atoms with Gasteiger partial charge in [-0.15, -0.1) is 0 Å². The highest BCUT2D eigenvalue weighted by molar-refractivity contribution is 5.79. The van der Waals surface area contributed by atoms with E-state index in [1.807, 2.05) is 0 Å². The van der Waals surface area contributed by atoms with Crippen molar-refractivity contribution >= 4 is 5.97 Å². The average Bonchev–Trinajstić information content (AvgIpc) is 1.97. The summed E-state index contributed by atoms with van der Waals surface area (Å²) >= 11 is 0. The summed E-state index contributed by atoms with van der Waals surface area (Å²) in [5.41, 5.74) is 5.10. The van der Waals surface area contributed by atoms with Gasteiger partial charge in [-0.2, -0.15) is 0 Å². The van der Waals surface area contributed by atoms with Crippen molar-refractivity contribution in [3.63, 3.8) is 0 Å². The van der Waals surface area contributed by atoms with Gasteiger partial charge in [0.2, 0.25) is 0 Å². The van der Waals surface area contributed by atoms with E-state index in [-0.39, 0.29) is 17.5 Å². The second kappa shape index (κ2) is 4.36. The molecule has 1 aliphatic carbocycles. The Labute approximate surface area is 98.7 Å². The van der Waals surface area contributed by atoms with Gasteiger partial charge in [-0.1, -0.05) is 20.8 Å². The fourth-order valence-electron chi connectivity index (χ4n) is 2.65. The van der Waals surface area contributed by atoms with Crippen molar-refractivity contribution in [3.8, 4) is 0 Å². The van der Waals surface area contributed by atoms with Gasteiger partial charge >= 0.3 is 5.97 Å². The van der Waals surface area contributed by atoms with Crippen LogP contribution in [-0.2, 0) is 9.53 Å². The van der Waals surface area contributed by atoms with Crippen molar-refractivity contribution in [1.29, 1.82) is 0 Å². The Hall–Kier alpha value is -0.570. The molecule has 0 radical (unpaired) electrons. The van der Waals surface area contributed by atoms with Crippen LogP contribution in [0.4, 0.5) is 0 Å². The molecular formula is C13H25NO2. The number of hydrogen-bond acceptors (Lipinski definition) is 3. The van der Waals surface area contributed by atoms with Gasteiger partial charge < -0.3 is 10.5 Å². The number of nitrogens with two attached hydrogens (primary N) is 1. The van der Waals surface area contributed by atoms with E-state index < -0.39 is 5.54 Å². The van der Waals surface area contributed by atoms with Crippen LogP contribution in [0, 0.1) is 11.3 Å². The molecule has 0 saturated heterocycles. The number of carbonyl (C=O) groups is 1. The predicted octanol–water partition coefficient (Wildman–Crippen LogP) is 2.48. The third kappa shape index (κ3) is 3.78. The van der Waals surface area contributed by atoms with E-state index in [1.165, 1.54) is 6.42 Å². The first kappa shape index (κ1) is 13.5. The van der Waals surface area contributed by atoms with Crippen LogP contribution in [-0.4, -0.2) is 17.6 Å². The molecule has 94 valence electrons. The lowest BCUT2D eigenvalue weighted by Crippen LogP contribution is -2.46. The maximum absolute atomic E-state index is 11.7. The molecule has 16 heavy (non-hydrogen) atoms. The van der Waals surface area contributed by atoms with Crippen LogP contribution >= 0.6 is 0 Å². The Morgan fingerprint density at radius 1 is 1.38 bits per heavy atom. The molecule has 1 saturated carbocycles. The lowest BCUT2D eigenvalue weighted by atomic mass is 9.71. The third-order valence-corrected chi connectivity index (χ3v) is 3.15. The summed E-state index contributed by atoms with van der Waals surface area (Å²) in [6.45, 7) is 10.1. The Balaban J connectivity index is 2.58. The van der Waals surface area contributed by atoms with E-state index >= 15 is 0 Å². The fraction of sp³-hybridized carbons (Fsp3) is 0.923. The summed E-state index contributed by atoms with van der Waals surface area (Å²) < 4.78 is 5.50. The standard InChI is InChI=1S/C13H25NO2/c1-9-6-10(8-12(2,3)7-9)16-11(15)13(4,5)14/h9-10H,6-8,14H2,1-5H3. The molecule has 0 spiro atoms. The zero-order valence-corrected chi connectivity index (χ0v) is 11.2. The molecule has 1 fully saturated rings. The summed E-state index contributed by atoms with van der Waals surface area (Å²) in [6, 6.07) is 0. The molecule has 0 aliphatic heterocycles. The molecule has 3 heteroatoms. The highest BCUT2D eigenvalue weighted by atomic mass is 16.5. The zero-order valence-electron chi connectivity index (χ0n) is 11.2. The molecule has 0 aromatic rings. The molecule has 0 aromatic carbocycles. The highest BCUT2D eigenvalue weighted by Gasteiger charge is 2.36. The largest absolute Gasteiger partial charge is 0.461 e. The molecule has 3 nitrogen and oxygen atoms in total. The summed E-state index contributed by atoms with van der Waals surface area (Å²) in [4.78, 5) is 11.7. The Morgan fingerprint density at radius 3 is 2.38 bits per heavy atom. The molecule has 1 rings (SSSR count). The highest BCUT2D eigenvalue weighted by Crippen LogP contribution is 2.39. The number of esters is 1. The maximum atomic E-state index is 11.7. The van der Waals surface area contributed by atoms with E-state index in [1.54, 1.807) is 13.8 Å². The van der Waals surface area contributed by atoms with Gasteiger partial charge in [0.1, 0.15) is 11.6 Å². The molecule has 2 N–H and O–H groups in total. The molecule has 2 atom stereocenters. The number of hydrogen-bond donors (Lipinski definition) is 1. The van der Waals surface area contributed by atoms with Crippen LogP contribution in [0.1, 0.15) is 53.9 Å². The number of rotatable bonds is 2. The van der Waals surface area contributed by atoms with Crippen LogP contribution in [0.5, 0.6) is 0 Å². The fourth-order valence-corrected chi connectivity index (χ4v) is 2.65. The smallest absolute Gasteiger partial charge is 0.325 e. The van der Waals surface area contributed by atoms with E-state index in [0.29, 0.717) is 5.92 Å². The van der Waals surface area contributed by atoms with Crippen LogP contribution in [0.15, 0.2) is 0 Å². The molecule has 0 bridgehead atoms. The SMILES string of the molecule is CC1CC(OC(=O)C(C)(C)N)CC(C)(C)C1. The van der Waals surface area contributed by atoms with Crippen LogP contribution < -0.4 is 5.73 Å². The van der Waals surface area contributed by atoms with Crippen molar-refractivity contribution < 1.29 is 9.53 Å². The summed E-state index contributed by atoms with van der Waals surface area (Å²) in [5, 5.41) is 0. The van der Waals surface area contributed by atoms with Crippen molar-refractivity contribution in [1.82, 2.24) is 0 Å². The molecule has 0 aromatic heterocycles. The van der Waals surface area contributed by atoms with Crippen molar-refractivity contribution in [2.24, 2.45) is 17.1 Å². The topological polar surface area (TPSA) is 52.3 Å². The van der Waals surface area contributed by atoms with Gasteiger partial charge in [-0.25, -0.2) is 0 Å². The summed E-state index contributed by atoms with van der Waals surface area (Å²) in [7, 11) is 0. The Morgan fingerprint density at radius 2 is 1.94 bits per heavy atom. The van der Waals surface area contributed by atoms with Crippen molar-refractivity contribution in [2.45, 2.75) is 65.5 Å². The van der Waals surface area contributed by atoms with Gasteiger partial charge in [-0.05, 0) is 44.4 Å². The predicted molar refractivity (Wildman–Crippen MR) is 64.9 cm³/mol. The minimum Gasteiger partial charge on any atom is -0.461 e. The van der Waals surface area contributed by atoms with E-state index in [4.69, 9.17) is 10.5 Å². The Bertz CT molecular complexity index is 266. The van der Waals surface area contributed by atoms with Gasteiger partial charge in [0.05, 0.1) is 0 Å². The molecule has 2 unspecified atom stereocenters. The second-order valence-electron chi connectivity index (χ2n) is 6.66. The monoisotopic (exact) mass is 227 g/mol. The minimum atomic E-state index is -0.884. The normalized spacial score (nSPS) is 29.9. The van der Waals surface area contributed by atoms with Gasteiger partial charge in [0.15, 0.2) is 0 Å². The van der Waals surface area contributed by atoms with Crippen LogP contribution in [0.3, 0.4) is 0 Å². The summed E-state index contributed by atoms with van der Waals surface area (Å²) in [6.07, 6.45) is 3.14. The summed E-state index contributed by atoms with van der Waals surface area (Å²) in [5.74, 6) is 0.324. The molecule has 0 heterocycles. The lowest BCUT2D eigenvalue weighted by molar-refractivity contribution is -0.158. The first-order chi connectivity index (χ1) is 7.10. The third-order valence-electron chi connectivity index (χ3n) is 3.15. The van der Waals surface area contributed by atoms with Gasteiger partial charge in [0, 0.05) is 0 Å². The van der Waals surface area contributed by atoms with E-state index in [0.717, 1.165) is 12.8 Å². The number of ether oxygens (including phenoxy) is 1. The molecule has 0 amide bonds. The minimum absolute atomic E-state index is 0.0362. The quantitative estimate of drug-likeness (QED) is 0.737. The van der Waals surface area contributed by atoms with E-state index in [2.05, 4.69) is 20.8 Å². The van der Waals surface area contributed by atoms with Crippen molar-refractivity contribution in [3.05, 3.63) is 0 Å². The van der Waals surface area contributed by atoms with Crippen molar-refractivity contribution in [2.75, 3.05) is 0 Å². The molecule has 1 aliphatic rings. The first-order valence-electron chi connectivity index (χ1n) is 6.10. The lowest BCUT2D eigenvalue weighted by Gasteiger charge is -2.39. The maximum Gasteiger partial charge on any atom is 0.325 e.